The summed E-state index contributed by atoms with van der Waals surface area (Å²) in [6, 6.07) is 21.9. The Kier molecular flexibility index (Phi) is 4.94. The predicted octanol–water partition coefficient (Wildman–Crippen LogP) is 4.15. The Morgan fingerprint density at radius 2 is 1.58 bits per heavy atom. The average Bonchev–Trinajstić information content (AvgIpc) is 3.48. The standard InChI is InChI=1S/C23H17N3O5/c27-21(24-17-8-11-19-20(12-17)30-14-29-19)13-28-18-9-6-16(7-10-18)23-26-25-22(31-23)15-4-2-1-3-5-15/h1-12H,13-14H2,(H,24,27). The van der Waals surface area contributed by atoms with E-state index >= 15 is 0 Å². The van der Waals surface area contributed by atoms with Gasteiger partial charge in [-0.1, -0.05) is 18.2 Å². The molecule has 1 aliphatic rings. The van der Waals surface area contributed by atoms with Crippen molar-refractivity contribution in [3.63, 3.8) is 0 Å². The third-order valence-corrected chi connectivity index (χ3v) is 4.57. The molecule has 0 saturated carbocycles. The SMILES string of the molecule is O=C(COc1ccc(-c2nnc(-c3ccccc3)o2)cc1)Nc1ccc2c(c1)OCO2. The molecule has 5 rings (SSSR count). The molecule has 0 bridgehead atoms. The number of hydrogen-bond acceptors (Lipinski definition) is 7. The van der Waals surface area contributed by atoms with Gasteiger partial charge in [0.1, 0.15) is 5.75 Å². The van der Waals surface area contributed by atoms with Gasteiger partial charge >= 0.3 is 0 Å². The van der Waals surface area contributed by atoms with Gasteiger partial charge in [0.05, 0.1) is 0 Å². The van der Waals surface area contributed by atoms with Crippen LogP contribution < -0.4 is 19.5 Å². The molecule has 0 spiro atoms. The van der Waals surface area contributed by atoms with E-state index < -0.39 is 0 Å². The van der Waals surface area contributed by atoms with Crippen molar-refractivity contribution >= 4 is 11.6 Å². The van der Waals surface area contributed by atoms with Gasteiger partial charge in [-0.05, 0) is 48.5 Å². The number of rotatable bonds is 6. The van der Waals surface area contributed by atoms with Gasteiger partial charge in [-0.15, -0.1) is 10.2 Å². The number of anilines is 1. The highest BCUT2D eigenvalue weighted by Gasteiger charge is 2.14. The van der Waals surface area contributed by atoms with E-state index in [1.807, 2.05) is 30.3 Å². The molecule has 0 aliphatic carbocycles. The maximum absolute atomic E-state index is 12.2. The van der Waals surface area contributed by atoms with Gasteiger partial charge in [-0.3, -0.25) is 4.79 Å². The summed E-state index contributed by atoms with van der Waals surface area (Å²) in [7, 11) is 0. The molecule has 4 aromatic rings. The van der Waals surface area contributed by atoms with Crippen LogP contribution in [0.25, 0.3) is 22.9 Å². The molecule has 8 heteroatoms. The van der Waals surface area contributed by atoms with Crippen LogP contribution >= 0.6 is 0 Å². The molecule has 1 aromatic heterocycles. The number of ether oxygens (including phenoxy) is 3. The lowest BCUT2D eigenvalue weighted by molar-refractivity contribution is -0.118. The van der Waals surface area contributed by atoms with E-state index in [2.05, 4.69) is 15.5 Å². The van der Waals surface area contributed by atoms with Crippen molar-refractivity contribution in [1.82, 2.24) is 10.2 Å². The van der Waals surface area contributed by atoms with Crippen LogP contribution in [0, 0.1) is 0 Å². The second kappa shape index (κ2) is 8.19. The summed E-state index contributed by atoms with van der Waals surface area (Å²) >= 11 is 0. The van der Waals surface area contributed by atoms with E-state index in [1.54, 1.807) is 42.5 Å². The molecule has 154 valence electrons. The molecule has 0 radical (unpaired) electrons. The lowest BCUT2D eigenvalue weighted by Gasteiger charge is -2.08. The van der Waals surface area contributed by atoms with Crippen LogP contribution in [-0.4, -0.2) is 29.5 Å². The van der Waals surface area contributed by atoms with Crippen molar-refractivity contribution in [3.05, 3.63) is 72.8 Å². The molecule has 31 heavy (non-hydrogen) atoms. The summed E-state index contributed by atoms with van der Waals surface area (Å²) in [5.41, 5.74) is 2.22. The first-order chi connectivity index (χ1) is 15.2. The zero-order chi connectivity index (χ0) is 21.0. The van der Waals surface area contributed by atoms with Crippen molar-refractivity contribution in [2.24, 2.45) is 0 Å². The molecule has 8 nitrogen and oxygen atoms in total. The second-order valence-corrected chi connectivity index (χ2v) is 6.71. The number of benzene rings is 3. The van der Waals surface area contributed by atoms with Gasteiger partial charge in [-0.2, -0.15) is 0 Å². The fraction of sp³-hybridized carbons (Fsp3) is 0.0870. The van der Waals surface area contributed by atoms with Crippen molar-refractivity contribution < 1.29 is 23.4 Å². The summed E-state index contributed by atoms with van der Waals surface area (Å²) < 4.78 is 21.9. The molecular weight excluding hydrogens is 398 g/mol. The lowest BCUT2D eigenvalue weighted by Crippen LogP contribution is -2.20. The maximum Gasteiger partial charge on any atom is 0.262 e. The number of fused-ring (bicyclic) bond motifs is 1. The Labute approximate surface area is 177 Å². The van der Waals surface area contributed by atoms with Crippen LogP contribution in [-0.2, 0) is 4.79 Å². The molecule has 1 aliphatic heterocycles. The first-order valence-corrected chi connectivity index (χ1v) is 9.56. The van der Waals surface area contributed by atoms with Crippen LogP contribution in [0.4, 0.5) is 5.69 Å². The summed E-state index contributed by atoms with van der Waals surface area (Å²) in [5, 5.41) is 11.0. The van der Waals surface area contributed by atoms with E-state index in [0.717, 1.165) is 11.1 Å². The molecule has 0 saturated heterocycles. The Morgan fingerprint density at radius 3 is 2.35 bits per heavy atom. The molecule has 0 fully saturated rings. The van der Waals surface area contributed by atoms with Crippen LogP contribution in [0.15, 0.2) is 77.2 Å². The van der Waals surface area contributed by atoms with Crippen molar-refractivity contribution in [2.75, 3.05) is 18.7 Å². The third kappa shape index (κ3) is 4.18. The molecule has 0 unspecified atom stereocenters. The monoisotopic (exact) mass is 415 g/mol. The number of nitrogens with zero attached hydrogens (tertiary/aromatic N) is 2. The minimum Gasteiger partial charge on any atom is -0.484 e. The van der Waals surface area contributed by atoms with Crippen molar-refractivity contribution in [1.29, 1.82) is 0 Å². The minimum absolute atomic E-state index is 0.132. The van der Waals surface area contributed by atoms with E-state index in [-0.39, 0.29) is 19.3 Å². The van der Waals surface area contributed by atoms with E-state index in [4.69, 9.17) is 18.6 Å². The molecule has 0 atom stereocenters. The van der Waals surface area contributed by atoms with Crippen LogP contribution in [0.3, 0.4) is 0 Å². The summed E-state index contributed by atoms with van der Waals surface area (Å²) in [4.78, 5) is 12.2. The van der Waals surface area contributed by atoms with Crippen LogP contribution in [0.1, 0.15) is 0 Å². The van der Waals surface area contributed by atoms with Gasteiger partial charge in [0.25, 0.3) is 5.91 Å². The number of carbonyl (C=O) groups excluding carboxylic acids is 1. The lowest BCUT2D eigenvalue weighted by atomic mass is 10.2. The highest BCUT2D eigenvalue weighted by Crippen LogP contribution is 2.34. The fourth-order valence-corrected chi connectivity index (χ4v) is 3.05. The van der Waals surface area contributed by atoms with Gasteiger partial charge in [-0.25, -0.2) is 0 Å². The predicted molar refractivity (Wildman–Crippen MR) is 112 cm³/mol. The average molecular weight is 415 g/mol. The van der Waals surface area contributed by atoms with E-state index in [0.29, 0.717) is 34.7 Å². The molecule has 3 aromatic carbocycles. The zero-order valence-corrected chi connectivity index (χ0v) is 16.3. The largest absolute Gasteiger partial charge is 0.484 e. The Hall–Kier alpha value is -4.33. The molecule has 1 amide bonds. The highest BCUT2D eigenvalue weighted by molar-refractivity contribution is 5.92. The summed E-state index contributed by atoms with van der Waals surface area (Å²) in [6.45, 7) is 0.0511. The quantitative estimate of drug-likeness (QED) is 0.505. The second-order valence-electron chi connectivity index (χ2n) is 6.71. The third-order valence-electron chi connectivity index (χ3n) is 4.57. The zero-order valence-electron chi connectivity index (χ0n) is 16.3. The first kappa shape index (κ1) is 18.7. The minimum atomic E-state index is -0.285. The number of nitrogens with one attached hydrogen (secondary N) is 1. The summed E-state index contributed by atoms with van der Waals surface area (Å²) in [6.07, 6.45) is 0. The van der Waals surface area contributed by atoms with Gasteiger partial charge < -0.3 is 23.9 Å². The normalized spacial score (nSPS) is 11.9. The van der Waals surface area contributed by atoms with Gasteiger partial charge in [0, 0.05) is 22.9 Å². The van der Waals surface area contributed by atoms with E-state index in [9.17, 15) is 4.79 Å². The Balaban J connectivity index is 1.18. The molecule has 1 N–H and O–H groups in total. The topological polar surface area (TPSA) is 95.7 Å². The Bertz CT molecular complexity index is 1210. The van der Waals surface area contributed by atoms with E-state index in [1.165, 1.54) is 0 Å². The maximum atomic E-state index is 12.2. The fourth-order valence-electron chi connectivity index (χ4n) is 3.05. The van der Waals surface area contributed by atoms with Crippen molar-refractivity contribution in [2.45, 2.75) is 0 Å². The number of amides is 1. The summed E-state index contributed by atoms with van der Waals surface area (Å²) in [5.74, 6) is 2.39. The smallest absolute Gasteiger partial charge is 0.262 e. The van der Waals surface area contributed by atoms with Crippen molar-refractivity contribution in [3.8, 4) is 40.2 Å². The molecular formula is C23H17N3O5. The van der Waals surface area contributed by atoms with Crippen LogP contribution in [0.5, 0.6) is 17.2 Å². The van der Waals surface area contributed by atoms with Gasteiger partial charge in [0.2, 0.25) is 18.6 Å². The van der Waals surface area contributed by atoms with Gasteiger partial charge in [0.15, 0.2) is 18.1 Å². The number of carbonyl (C=O) groups is 1. The number of aromatic nitrogens is 2. The molecule has 2 heterocycles. The first-order valence-electron chi connectivity index (χ1n) is 9.56. The Morgan fingerprint density at radius 1 is 0.871 bits per heavy atom. The highest BCUT2D eigenvalue weighted by atomic mass is 16.7. The number of hydrogen-bond donors (Lipinski definition) is 1. The van der Waals surface area contributed by atoms with Crippen LogP contribution in [0.2, 0.25) is 0 Å².